The first-order chi connectivity index (χ1) is 17.1. The summed E-state index contributed by atoms with van der Waals surface area (Å²) in [6, 6.07) is 14.9. The zero-order chi connectivity index (χ0) is 27.4. The van der Waals surface area contributed by atoms with E-state index in [4.69, 9.17) is 0 Å². The number of rotatable bonds is 8. The molecule has 0 bridgehead atoms. The Balaban J connectivity index is 1.63. The van der Waals surface area contributed by atoms with Gasteiger partial charge in [0.05, 0.1) is 16.0 Å². The Morgan fingerprint density at radius 3 is 1.89 bits per heavy atom. The number of carbonyl (C=O) groups excluding carboxylic acids is 1. The number of halogens is 6. The Hall–Kier alpha value is -3.38. The summed E-state index contributed by atoms with van der Waals surface area (Å²) < 4.78 is 106. The normalized spacial score (nSPS) is 13.3. The van der Waals surface area contributed by atoms with Crippen LogP contribution in [-0.4, -0.2) is 14.3 Å². The van der Waals surface area contributed by atoms with Crippen molar-refractivity contribution >= 4 is 21.6 Å². The second-order valence-electron chi connectivity index (χ2n) is 8.24. The highest BCUT2D eigenvalue weighted by Crippen LogP contribution is 2.37. The van der Waals surface area contributed by atoms with Crippen LogP contribution in [0.1, 0.15) is 41.6 Å². The molecule has 12 heteroatoms. The molecule has 1 atom stereocenters. The lowest BCUT2D eigenvalue weighted by molar-refractivity contribution is -0.143. The minimum Gasteiger partial charge on any atom is -0.326 e. The molecule has 37 heavy (non-hydrogen) atoms. The van der Waals surface area contributed by atoms with E-state index < -0.39 is 51.1 Å². The van der Waals surface area contributed by atoms with Gasteiger partial charge in [0.2, 0.25) is 15.9 Å². The predicted octanol–water partition coefficient (Wildman–Crippen LogP) is 6.34. The Kier molecular flexibility index (Phi) is 8.33. The van der Waals surface area contributed by atoms with Crippen molar-refractivity contribution in [1.82, 2.24) is 4.72 Å². The van der Waals surface area contributed by atoms with Crippen LogP contribution in [0.15, 0.2) is 77.7 Å². The van der Waals surface area contributed by atoms with Gasteiger partial charge < -0.3 is 5.32 Å². The maximum Gasteiger partial charge on any atom is 0.416 e. The van der Waals surface area contributed by atoms with Gasteiger partial charge in [-0.05, 0) is 54.8 Å². The van der Waals surface area contributed by atoms with E-state index in [1.807, 2.05) is 6.07 Å². The molecule has 0 aliphatic carbocycles. The van der Waals surface area contributed by atoms with Crippen LogP contribution >= 0.6 is 0 Å². The molecule has 0 saturated carbocycles. The molecule has 0 saturated heterocycles. The minimum absolute atomic E-state index is 0.00729. The molecule has 3 rings (SSSR count). The van der Waals surface area contributed by atoms with Crippen molar-refractivity contribution in [3.8, 4) is 0 Å². The fourth-order valence-corrected chi connectivity index (χ4v) is 4.69. The van der Waals surface area contributed by atoms with Gasteiger partial charge >= 0.3 is 12.4 Å². The van der Waals surface area contributed by atoms with E-state index >= 15 is 0 Å². The average molecular weight is 545 g/mol. The van der Waals surface area contributed by atoms with E-state index in [0.717, 1.165) is 5.56 Å². The monoisotopic (exact) mass is 544 g/mol. The molecule has 0 heterocycles. The van der Waals surface area contributed by atoms with Crippen LogP contribution in [-0.2, 0) is 33.6 Å². The maximum absolute atomic E-state index is 13.0. The molecule has 0 unspecified atom stereocenters. The largest absolute Gasteiger partial charge is 0.416 e. The topological polar surface area (TPSA) is 75.3 Å². The van der Waals surface area contributed by atoms with Crippen molar-refractivity contribution in [1.29, 1.82) is 0 Å². The number of carbonyl (C=O) groups is 1. The van der Waals surface area contributed by atoms with Crippen molar-refractivity contribution in [2.45, 2.75) is 43.1 Å². The van der Waals surface area contributed by atoms with Gasteiger partial charge in [-0.25, -0.2) is 13.1 Å². The van der Waals surface area contributed by atoms with Crippen LogP contribution < -0.4 is 10.0 Å². The van der Waals surface area contributed by atoms with E-state index in [1.54, 1.807) is 31.2 Å². The molecule has 198 valence electrons. The van der Waals surface area contributed by atoms with Crippen molar-refractivity contribution in [2.75, 3.05) is 5.32 Å². The number of amides is 1. The third-order valence-electron chi connectivity index (χ3n) is 5.38. The van der Waals surface area contributed by atoms with Crippen LogP contribution in [0.5, 0.6) is 0 Å². The SMILES string of the molecule is C[C@@H](NS(=O)(=O)c1ccc(CCC(=O)Nc2cc(C(F)(F)F)cc(C(F)(F)F)c2)cc1)c1ccccc1. The van der Waals surface area contributed by atoms with Gasteiger partial charge in [-0.2, -0.15) is 26.3 Å². The quantitative estimate of drug-likeness (QED) is 0.325. The van der Waals surface area contributed by atoms with Gasteiger partial charge in [0.1, 0.15) is 0 Å². The summed E-state index contributed by atoms with van der Waals surface area (Å²) >= 11 is 0. The van der Waals surface area contributed by atoms with E-state index in [2.05, 4.69) is 10.0 Å². The number of hydrogen-bond donors (Lipinski definition) is 2. The molecular weight excluding hydrogens is 522 g/mol. The van der Waals surface area contributed by atoms with Gasteiger partial charge in [-0.15, -0.1) is 0 Å². The molecule has 0 aromatic heterocycles. The summed E-state index contributed by atoms with van der Waals surface area (Å²) in [7, 11) is -3.84. The Morgan fingerprint density at radius 2 is 1.38 bits per heavy atom. The van der Waals surface area contributed by atoms with Crippen LogP contribution in [0.25, 0.3) is 0 Å². The van der Waals surface area contributed by atoms with Gasteiger partial charge in [0, 0.05) is 18.2 Å². The number of nitrogens with one attached hydrogen (secondary N) is 2. The van der Waals surface area contributed by atoms with Crippen molar-refractivity contribution < 1.29 is 39.6 Å². The standard InChI is InChI=1S/C25H22F6N2O3S/c1-16(18-5-3-2-4-6-18)33-37(35,36)22-10-7-17(8-11-22)9-12-23(34)32-21-14-19(24(26,27)28)13-20(15-21)25(29,30)31/h2-8,10-11,13-16,33H,9,12H2,1H3,(H,32,34)/t16-/m1/s1. The van der Waals surface area contributed by atoms with E-state index in [0.29, 0.717) is 17.7 Å². The summed E-state index contributed by atoms with van der Waals surface area (Å²) in [6.07, 6.45) is -10.2. The zero-order valence-electron chi connectivity index (χ0n) is 19.3. The first-order valence-electron chi connectivity index (χ1n) is 10.9. The molecule has 3 aromatic rings. The molecule has 2 N–H and O–H groups in total. The molecular formula is C25H22F6N2O3S. The molecule has 0 radical (unpaired) electrons. The Labute approximate surface area is 209 Å². The smallest absolute Gasteiger partial charge is 0.326 e. The molecule has 1 amide bonds. The van der Waals surface area contributed by atoms with Gasteiger partial charge in [-0.1, -0.05) is 42.5 Å². The fourth-order valence-electron chi connectivity index (χ4n) is 3.45. The molecule has 0 fully saturated rings. The number of aryl methyl sites for hydroxylation is 1. The molecule has 0 aliphatic rings. The number of sulfonamides is 1. The predicted molar refractivity (Wildman–Crippen MR) is 125 cm³/mol. The third-order valence-corrected chi connectivity index (χ3v) is 6.93. The van der Waals surface area contributed by atoms with Crippen LogP contribution in [0, 0.1) is 0 Å². The summed E-state index contributed by atoms with van der Waals surface area (Å²) in [6.45, 7) is 1.70. The highest BCUT2D eigenvalue weighted by molar-refractivity contribution is 7.89. The Bertz CT molecular complexity index is 1310. The maximum atomic E-state index is 13.0. The first kappa shape index (κ1) is 28.2. The second-order valence-corrected chi connectivity index (χ2v) is 9.95. The first-order valence-corrected chi connectivity index (χ1v) is 12.4. The summed E-state index contributed by atoms with van der Waals surface area (Å²) in [5, 5.41) is 2.07. The van der Waals surface area contributed by atoms with E-state index in [1.165, 1.54) is 24.3 Å². The van der Waals surface area contributed by atoms with Gasteiger partial charge in [-0.3, -0.25) is 4.79 Å². The van der Waals surface area contributed by atoms with Crippen LogP contribution in [0.4, 0.5) is 32.0 Å². The molecule has 0 aliphatic heterocycles. The molecule has 3 aromatic carbocycles. The van der Waals surface area contributed by atoms with Gasteiger partial charge in [0.15, 0.2) is 0 Å². The van der Waals surface area contributed by atoms with Crippen LogP contribution in [0.3, 0.4) is 0 Å². The van der Waals surface area contributed by atoms with E-state index in [-0.39, 0.29) is 23.8 Å². The number of hydrogen-bond acceptors (Lipinski definition) is 3. The second kappa shape index (κ2) is 10.9. The summed E-state index contributed by atoms with van der Waals surface area (Å²) in [5.41, 5.74) is -2.39. The molecule has 0 spiro atoms. The third kappa shape index (κ3) is 7.80. The lowest BCUT2D eigenvalue weighted by atomic mass is 10.1. The Morgan fingerprint density at radius 1 is 0.838 bits per heavy atom. The highest BCUT2D eigenvalue weighted by Gasteiger charge is 2.37. The van der Waals surface area contributed by atoms with Crippen molar-refractivity contribution in [3.63, 3.8) is 0 Å². The fraction of sp³-hybridized carbons (Fsp3) is 0.240. The van der Waals surface area contributed by atoms with Crippen LogP contribution in [0.2, 0.25) is 0 Å². The average Bonchev–Trinajstić information content (AvgIpc) is 2.82. The lowest BCUT2D eigenvalue weighted by Gasteiger charge is -2.15. The summed E-state index contributed by atoms with van der Waals surface area (Å²) in [5.74, 6) is -0.803. The number of benzene rings is 3. The zero-order valence-corrected chi connectivity index (χ0v) is 20.1. The highest BCUT2D eigenvalue weighted by atomic mass is 32.2. The number of alkyl halides is 6. The van der Waals surface area contributed by atoms with Crippen molar-refractivity contribution in [2.24, 2.45) is 0 Å². The van der Waals surface area contributed by atoms with Gasteiger partial charge in [0.25, 0.3) is 0 Å². The number of anilines is 1. The lowest BCUT2D eigenvalue weighted by Crippen LogP contribution is -2.26. The minimum atomic E-state index is -5.03. The molecule has 5 nitrogen and oxygen atoms in total. The van der Waals surface area contributed by atoms with Crippen molar-refractivity contribution in [3.05, 3.63) is 95.1 Å². The van der Waals surface area contributed by atoms with E-state index in [9.17, 15) is 39.6 Å². The summed E-state index contributed by atoms with van der Waals surface area (Å²) in [4.78, 5) is 12.2.